The van der Waals surface area contributed by atoms with Gasteiger partial charge >= 0.3 is 0 Å². The molecule has 0 atom stereocenters. The van der Waals surface area contributed by atoms with Gasteiger partial charge in [0.05, 0.1) is 7.11 Å². The van der Waals surface area contributed by atoms with Crippen LogP contribution in [0, 0.1) is 0 Å². The van der Waals surface area contributed by atoms with Gasteiger partial charge in [-0.2, -0.15) is 11.8 Å². The van der Waals surface area contributed by atoms with E-state index in [1.165, 1.54) is 0 Å². The minimum Gasteiger partial charge on any atom is -0.497 e. The Bertz CT molecular complexity index is 235. The van der Waals surface area contributed by atoms with Crippen LogP contribution in [0.1, 0.15) is 0 Å². The molecule has 0 saturated carbocycles. The van der Waals surface area contributed by atoms with Crippen molar-refractivity contribution in [1.29, 1.82) is 0 Å². The maximum absolute atomic E-state index is 5.06. The summed E-state index contributed by atoms with van der Waals surface area (Å²) in [6.45, 7) is 1.01. The highest BCUT2D eigenvalue weighted by Gasteiger charge is 1.92. The van der Waals surface area contributed by atoms with Crippen molar-refractivity contribution in [2.75, 3.05) is 31.0 Å². The van der Waals surface area contributed by atoms with Crippen LogP contribution in [0.2, 0.25) is 0 Å². The fourth-order valence-corrected chi connectivity index (χ4v) is 1.31. The molecule has 0 saturated heterocycles. The molecule has 0 fully saturated rings. The van der Waals surface area contributed by atoms with Gasteiger partial charge in [0.25, 0.3) is 0 Å². The zero-order chi connectivity index (χ0) is 9.52. The van der Waals surface area contributed by atoms with E-state index in [9.17, 15) is 0 Å². The second-order valence-electron chi connectivity index (χ2n) is 2.65. The molecule has 72 valence electrons. The molecule has 0 bridgehead atoms. The summed E-state index contributed by atoms with van der Waals surface area (Å²) in [5, 5.41) is 3.32. The summed E-state index contributed by atoms with van der Waals surface area (Å²) < 4.78 is 5.06. The first-order chi connectivity index (χ1) is 6.36. The number of benzene rings is 1. The molecule has 0 spiro atoms. The van der Waals surface area contributed by atoms with Crippen molar-refractivity contribution in [2.45, 2.75) is 0 Å². The minimum absolute atomic E-state index is 0.899. The van der Waals surface area contributed by atoms with Gasteiger partial charge < -0.3 is 10.1 Å². The molecule has 0 amide bonds. The SMILES string of the molecule is COc1ccc(NCCSC)cc1. The van der Waals surface area contributed by atoms with E-state index in [0.717, 1.165) is 23.7 Å². The molecule has 0 aromatic heterocycles. The van der Waals surface area contributed by atoms with E-state index in [2.05, 4.69) is 11.6 Å². The molecular formula is C10H15NOS. The first-order valence-electron chi connectivity index (χ1n) is 4.23. The second-order valence-corrected chi connectivity index (χ2v) is 3.63. The Kier molecular flexibility index (Phi) is 4.54. The molecule has 0 aliphatic rings. The third-order valence-electron chi connectivity index (χ3n) is 1.73. The lowest BCUT2D eigenvalue weighted by molar-refractivity contribution is 0.415. The van der Waals surface area contributed by atoms with Crippen molar-refractivity contribution in [3.05, 3.63) is 24.3 Å². The van der Waals surface area contributed by atoms with Gasteiger partial charge in [0.1, 0.15) is 5.75 Å². The molecular weight excluding hydrogens is 182 g/mol. The summed E-state index contributed by atoms with van der Waals surface area (Å²) in [4.78, 5) is 0. The Morgan fingerprint density at radius 2 is 2.00 bits per heavy atom. The molecule has 0 aliphatic carbocycles. The van der Waals surface area contributed by atoms with E-state index in [-0.39, 0.29) is 0 Å². The molecule has 0 aliphatic heterocycles. The van der Waals surface area contributed by atoms with Crippen LogP contribution in [0.5, 0.6) is 5.75 Å². The smallest absolute Gasteiger partial charge is 0.119 e. The lowest BCUT2D eigenvalue weighted by Crippen LogP contribution is -2.03. The zero-order valence-electron chi connectivity index (χ0n) is 8.04. The van der Waals surface area contributed by atoms with E-state index >= 15 is 0 Å². The van der Waals surface area contributed by atoms with Crippen LogP contribution in [0.15, 0.2) is 24.3 Å². The van der Waals surface area contributed by atoms with E-state index in [1.807, 2.05) is 36.0 Å². The molecule has 1 aromatic rings. The van der Waals surface area contributed by atoms with Crippen LogP contribution < -0.4 is 10.1 Å². The molecule has 13 heavy (non-hydrogen) atoms. The van der Waals surface area contributed by atoms with E-state index in [4.69, 9.17) is 4.74 Å². The molecule has 3 heteroatoms. The number of hydrogen-bond donors (Lipinski definition) is 1. The fourth-order valence-electron chi connectivity index (χ4n) is 1.01. The summed E-state index contributed by atoms with van der Waals surface area (Å²) in [6.07, 6.45) is 2.11. The highest BCUT2D eigenvalue weighted by Crippen LogP contribution is 2.14. The molecule has 0 heterocycles. The molecule has 1 N–H and O–H groups in total. The normalized spacial score (nSPS) is 9.69. The molecule has 1 rings (SSSR count). The van der Waals surface area contributed by atoms with Crippen molar-refractivity contribution in [3.8, 4) is 5.75 Å². The average molecular weight is 197 g/mol. The Hall–Kier alpha value is -0.830. The van der Waals surface area contributed by atoms with Gasteiger partial charge in [-0.15, -0.1) is 0 Å². The predicted octanol–water partition coefficient (Wildman–Crippen LogP) is 2.47. The van der Waals surface area contributed by atoms with Crippen LogP contribution in [0.4, 0.5) is 5.69 Å². The van der Waals surface area contributed by atoms with Crippen molar-refractivity contribution in [2.24, 2.45) is 0 Å². The van der Waals surface area contributed by atoms with Crippen molar-refractivity contribution in [3.63, 3.8) is 0 Å². The maximum Gasteiger partial charge on any atom is 0.119 e. The number of ether oxygens (including phenoxy) is 1. The standard InChI is InChI=1S/C10H15NOS/c1-12-10-5-3-9(4-6-10)11-7-8-13-2/h3-6,11H,7-8H2,1-2H3. The van der Waals surface area contributed by atoms with Crippen LogP contribution in [0.3, 0.4) is 0 Å². The maximum atomic E-state index is 5.06. The highest BCUT2D eigenvalue weighted by molar-refractivity contribution is 7.98. The Morgan fingerprint density at radius 1 is 1.31 bits per heavy atom. The lowest BCUT2D eigenvalue weighted by Gasteiger charge is -2.05. The zero-order valence-corrected chi connectivity index (χ0v) is 8.86. The number of nitrogens with one attached hydrogen (secondary N) is 1. The van der Waals surface area contributed by atoms with Crippen LogP contribution >= 0.6 is 11.8 Å². The average Bonchev–Trinajstić information content (AvgIpc) is 2.19. The molecule has 0 radical (unpaired) electrons. The van der Waals surface area contributed by atoms with Gasteiger partial charge in [-0.3, -0.25) is 0 Å². The summed E-state index contributed by atoms with van der Waals surface area (Å²) in [7, 11) is 1.68. The molecule has 1 aromatic carbocycles. The van der Waals surface area contributed by atoms with Crippen molar-refractivity contribution >= 4 is 17.4 Å². The Balaban J connectivity index is 2.40. The van der Waals surface area contributed by atoms with E-state index in [0.29, 0.717) is 0 Å². The number of thioether (sulfide) groups is 1. The van der Waals surface area contributed by atoms with Gasteiger partial charge in [0.2, 0.25) is 0 Å². The number of methoxy groups -OCH3 is 1. The number of anilines is 1. The van der Waals surface area contributed by atoms with Crippen LogP contribution in [0.25, 0.3) is 0 Å². The second kappa shape index (κ2) is 5.75. The monoisotopic (exact) mass is 197 g/mol. The van der Waals surface area contributed by atoms with Gasteiger partial charge in [-0.25, -0.2) is 0 Å². The predicted molar refractivity (Wildman–Crippen MR) is 59.9 cm³/mol. The fraction of sp³-hybridized carbons (Fsp3) is 0.400. The topological polar surface area (TPSA) is 21.3 Å². The third kappa shape index (κ3) is 3.59. The lowest BCUT2D eigenvalue weighted by atomic mass is 10.3. The van der Waals surface area contributed by atoms with E-state index < -0.39 is 0 Å². The number of rotatable bonds is 5. The van der Waals surface area contributed by atoms with Crippen molar-refractivity contribution < 1.29 is 4.74 Å². The van der Waals surface area contributed by atoms with Crippen molar-refractivity contribution in [1.82, 2.24) is 0 Å². The Morgan fingerprint density at radius 3 is 2.54 bits per heavy atom. The van der Waals surface area contributed by atoms with E-state index in [1.54, 1.807) is 7.11 Å². The third-order valence-corrected chi connectivity index (χ3v) is 2.34. The summed E-state index contributed by atoms with van der Waals surface area (Å²) >= 11 is 1.84. The number of hydrogen-bond acceptors (Lipinski definition) is 3. The van der Waals surface area contributed by atoms with Gasteiger partial charge in [-0.05, 0) is 30.5 Å². The van der Waals surface area contributed by atoms with Gasteiger partial charge in [0, 0.05) is 18.0 Å². The minimum atomic E-state index is 0.899. The largest absolute Gasteiger partial charge is 0.497 e. The molecule has 0 unspecified atom stereocenters. The van der Waals surface area contributed by atoms with Crippen LogP contribution in [-0.4, -0.2) is 25.7 Å². The first kappa shape index (κ1) is 10.3. The quantitative estimate of drug-likeness (QED) is 0.733. The van der Waals surface area contributed by atoms with Crippen LogP contribution in [-0.2, 0) is 0 Å². The summed E-state index contributed by atoms with van der Waals surface area (Å²) in [6, 6.07) is 7.97. The summed E-state index contributed by atoms with van der Waals surface area (Å²) in [5.41, 5.74) is 1.15. The Labute approximate surface area is 83.7 Å². The van der Waals surface area contributed by atoms with Gasteiger partial charge in [-0.1, -0.05) is 0 Å². The highest BCUT2D eigenvalue weighted by atomic mass is 32.2. The first-order valence-corrected chi connectivity index (χ1v) is 5.63. The van der Waals surface area contributed by atoms with Gasteiger partial charge in [0.15, 0.2) is 0 Å². The molecule has 2 nitrogen and oxygen atoms in total. The summed E-state index contributed by atoms with van der Waals surface area (Å²) in [5.74, 6) is 2.03.